The molecule has 8 nitrogen and oxygen atoms in total. The van der Waals surface area contributed by atoms with Gasteiger partial charge in [0.1, 0.15) is 17.0 Å². The summed E-state index contributed by atoms with van der Waals surface area (Å²) in [6, 6.07) is 15.5. The molecule has 3 aromatic rings. The first kappa shape index (κ1) is 34.1. The summed E-state index contributed by atoms with van der Waals surface area (Å²) >= 11 is 6.25. The second kappa shape index (κ2) is 14.4. The molecule has 0 radical (unpaired) electrons. The molecule has 1 spiro atoms. The molecule has 1 heterocycles. The average Bonchev–Trinajstić information content (AvgIpc) is 3.34. The second-order valence-corrected chi connectivity index (χ2v) is 14.8. The van der Waals surface area contributed by atoms with Crippen LogP contribution in [0, 0.1) is 11.8 Å². The van der Waals surface area contributed by atoms with Crippen molar-refractivity contribution in [2.45, 2.75) is 101 Å². The number of aromatic nitrogens is 1. The maximum Gasteiger partial charge on any atom is 0.329 e. The maximum atomic E-state index is 12.9. The number of nitrogens with zero attached hydrogens (tertiary/aromatic N) is 1. The topological polar surface area (TPSA) is 118 Å². The van der Waals surface area contributed by atoms with Crippen LogP contribution in [-0.2, 0) is 27.8 Å². The smallest absolute Gasteiger partial charge is 0.329 e. The van der Waals surface area contributed by atoms with Crippen molar-refractivity contribution in [1.82, 2.24) is 4.98 Å². The number of aryl methyl sites for hydroxylation is 1. The zero-order valence-corrected chi connectivity index (χ0v) is 28.7. The van der Waals surface area contributed by atoms with E-state index in [1.807, 2.05) is 30.5 Å². The molecule has 256 valence electrons. The molecular formula is C39H47ClN2O6. The Morgan fingerprint density at radius 2 is 1.90 bits per heavy atom. The minimum absolute atomic E-state index is 0.0645. The number of nitrogens with one attached hydrogen (secondary N) is 1. The lowest BCUT2D eigenvalue weighted by atomic mass is 9.59. The average molecular weight is 675 g/mol. The van der Waals surface area contributed by atoms with E-state index in [0.717, 1.165) is 56.4 Å². The van der Waals surface area contributed by atoms with Gasteiger partial charge in [-0.25, -0.2) is 4.79 Å². The Bertz CT molecular complexity index is 1630. The number of halogens is 1. The summed E-state index contributed by atoms with van der Waals surface area (Å²) in [6.07, 6.45) is 9.95. The van der Waals surface area contributed by atoms with E-state index >= 15 is 0 Å². The Balaban J connectivity index is 1.22. The van der Waals surface area contributed by atoms with Gasteiger partial charge >= 0.3 is 11.9 Å². The third kappa shape index (κ3) is 7.14. The molecule has 6 rings (SSSR count). The van der Waals surface area contributed by atoms with Crippen molar-refractivity contribution >= 4 is 29.2 Å². The van der Waals surface area contributed by atoms with Crippen molar-refractivity contribution in [2.75, 3.05) is 18.5 Å². The highest BCUT2D eigenvalue weighted by atomic mass is 35.5. The molecule has 0 bridgehead atoms. The van der Waals surface area contributed by atoms with Crippen molar-refractivity contribution < 1.29 is 29.3 Å². The largest absolute Gasteiger partial charge is 0.494 e. The van der Waals surface area contributed by atoms with E-state index in [1.165, 1.54) is 22.4 Å². The molecule has 3 aliphatic carbocycles. The molecule has 48 heavy (non-hydrogen) atoms. The fourth-order valence-electron chi connectivity index (χ4n) is 8.58. The van der Waals surface area contributed by atoms with Crippen molar-refractivity contribution in [1.29, 1.82) is 0 Å². The predicted molar refractivity (Wildman–Crippen MR) is 186 cm³/mol. The third-order valence-electron chi connectivity index (χ3n) is 11.1. The van der Waals surface area contributed by atoms with Gasteiger partial charge in [-0.15, -0.1) is 0 Å². The number of pyridine rings is 1. The Hall–Kier alpha value is -3.78. The number of carboxylic acids is 2. The zero-order valence-electron chi connectivity index (χ0n) is 28.0. The molecule has 0 saturated heterocycles. The first-order chi connectivity index (χ1) is 23.1. The Morgan fingerprint density at radius 3 is 2.65 bits per heavy atom. The first-order valence-electron chi connectivity index (χ1n) is 17.4. The lowest BCUT2D eigenvalue weighted by Crippen LogP contribution is -2.53. The molecule has 1 saturated carbocycles. The summed E-state index contributed by atoms with van der Waals surface area (Å²) in [7, 11) is 0. The van der Waals surface area contributed by atoms with Crippen LogP contribution in [0.2, 0.25) is 5.02 Å². The van der Waals surface area contributed by atoms with Crippen molar-refractivity contribution in [3.05, 3.63) is 82.1 Å². The molecule has 0 aliphatic heterocycles. The molecule has 1 fully saturated rings. The monoisotopic (exact) mass is 674 g/mol. The van der Waals surface area contributed by atoms with Gasteiger partial charge < -0.3 is 25.0 Å². The molecule has 2 aromatic carbocycles. The van der Waals surface area contributed by atoms with E-state index in [2.05, 4.69) is 36.3 Å². The van der Waals surface area contributed by atoms with Crippen LogP contribution in [0.5, 0.6) is 11.5 Å². The summed E-state index contributed by atoms with van der Waals surface area (Å²) in [4.78, 5) is 28.5. The number of benzene rings is 2. The number of anilines is 1. The van der Waals surface area contributed by atoms with Gasteiger partial charge in [0.05, 0.1) is 13.2 Å². The molecule has 3 atom stereocenters. The summed E-state index contributed by atoms with van der Waals surface area (Å²) in [5, 5.41) is 23.5. The number of ether oxygens (including phenoxy) is 2. The van der Waals surface area contributed by atoms with Crippen LogP contribution in [0.3, 0.4) is 0 Å². The van der Waals surface area contributed by atoms with Crippen LogP contribution in [0.4, 0.5) is 5.69 Å². The van der Waals surface area contributed by atoms with E-state index in [9.17, 15) is 14.7 Å². The normalized spacial score (nSPS) is 25.1. The van der Waals surface area contributed by atoms with E-state index in [4.69, 9.17) is 26.2 Å². The third-order valence-corrected chi connectivity index (χ3v) is 11.3. The van der Waals surface area contributed by atoms with E-state index < -0.39 is 17.5 Å². The Morgan fingerprint density at radius 1 is 1.08 bits per heavy atom. The molecule has 0 amide bonds. The number of fused-ring (bicyclic) bond motifs is 3. The molecular weight excluding hydrogens is 628 g/mol. The first-order valence-corrected chi connectivity index (χ1v) is 17.8. The highest BCUT2D eigenvalue weighted by molar-refractivity contribution is 6.30. The molecule has 0 unspecified atom stereocenters. The van der Waals surface area contributed by atoms with E-state index in [1.54, 1.807) is 12.1 Å². The van der Waals surface area contributed by atoms with Crippen LogP contribution >= 0.6 is 11.6 Å². The molecule has 9 heteroatoms. The predicted octanol–water partition coefficient (Wildman–Crippen LogP) is 8.44. The van der Waals surface area contributed by atoms with Gasteiger partial charge in [0.15, 0.2) is 0 Å². The summed E-state index contributed by atoms with van der Waals surface area (Å²) in [5.41, 5.74) is 4.37. The van der Waals surface area contributed by atoms with Gasteiger partial charge in [-0.2, -0.15) is 0 Å². The number of carbonyl (C=O) groups is 2. The summed E-state index contributed by atoms with van der Waals surface area (Å²) in [5.74, 6) is 1.06. The van der Waals surface area contributed by atoms with Gasteiger partial charge in [0.25, 0.3) is 0 Å². The van der Waals surface area contributed by atoms with Gasteiger partial charge in [0.2, 0.25) is 0 Å². The molecule has 3 aliphatic rings. The van der Waals surface area contributed by atoms with Crippen LogP contribution in [0.1, 0.15) is 99.9 Å². The minimum atomic E-state index is -1.10. The Labute approximate surface area is 288 Å². The standard InChI is InChI=1S/C39H47ClN2O6/c1-25(24-48-34-13-18-41-33-9-3-6-26(2)36(33)34)20-28-21-27-11-12-31(47-19-5-10-35(43)44)23-32(27)38(28)14-16-39(17-15-38,37(45)46)42-30-8-4-7-29(40)22-30/h4,7-8,11-13,18,22-23,25-26,28,42H,3,5-6,9-10,14-17,19-21,24H2,1-2H3,(H,43,44)(H,45,46)/t25-,26-,28+,38?,39?/m1/s1. The van der Waals surface area contributed by atoms with Gasteiger partial charge in [-0.1, -0.05) is 37.6 Å². The summed E-state index contributed by atoms with van der Waals surface area (Å²) < 4.78 is 12.6. The van der Waals surface area contributed by atoms with Crippen molar-refractivity contribution in [2.24, 2.45) is 11.8 Å². The van der Waals surface area contributed by atoms with Crippen molar-refractivity contribution in [3.8, 4) is 11.5 Å². The number of hydrogen-bond donors (Lipinski definition) is 3. The van der Waals surface area contributed by atoms with Gasteiger partial charge in [-0.3, -0.25) is 9.78 Å². The van der Waals surface area contributed by atoms with Crippen LogP contribution in [0.15, 0.2) is 54.7 Å². The Kier molecular flexibility index (Phi) is 10.2. The zero-order chi connectivity index (χ0) is 33.9. The molecule has 3 N–H and O–H groups in total. The minimum Gasteiger partial charge on any atom is -0.494 e. The van der Waals surface area contributed by atoms with E-state index in [-0.39, 0.29) is 17.8 Å². The molecule has 1 aromatic heterocycles. The van der Waals surface area contributed by atoms with Crippen LogP contribution in [0.25, 0.3) is 0 Å². The fourth-order valence-corrected chi connectivity index (χ4v) is 8.77. The number of aliphatic carboxylic acids is 2. The van der Waals surface area contributed by atoms with Crippen LogP contribution in [-0.4, -0.2) is 45.9 Å². The lowest BCUT2D eigenvalue weighted by Gasteiger charge is -2.47. The second-order valence-electron chi connectivity index (χ2n) is 14.4. The van der Waals surface area contributed by atoms with Crippen molar-refractivity contribution in [3.63, 3.8) is 0 Å². The SMILES string of the molecule is C[C@@H](COc1ccnc2c1[C@H](C)CCC2)C[C@H]1Cc2ccc(OCCCC(=O)O)cc2C12CCC(Nc1cccc(Cl)c1)(C(=O)O)CC2. The number of rotatable bonds is 13. The van der Waals surface area contributed by atoms with Gasteiger partial charge in [0, 0.05) is 34.6 Å². The fraction of sp³-hybridized carbons (Fsp3) is 0.513. The quantitative estimate of drug-likeness (QED) is 0.155. The number of hydrogen-bond acceptors (Lipinski definition) is 6. The lowest BCUT2D eigenvalue weighted by molar-refractivity contribution is -0.144. The summed E-state index contributed by atoms with van der Waals surface area (Å²) in [6.45, 7) is 5.47. The van der Waals surface area contributed by atoms with Crippen LogP contribution < -0.4 is 14.8 Å². The highest BCUT2D eigenvalue weighted by Crippen LogP contribution is 2.56. The van der Waals surface area contributed by atoms with Gasteiger partial charge in [-0.05, 0) is 135 Å². The van der Waals surface area contributed by atoms with E-state index in [0.29, 0.717) is 55.0 Å². The maximum absolute atomic E-state index is 12.9. The highest BCUT2D eigenvalue weighted by Gasteiger charge is 2.54. The number of carboxylic acid groups (broad SMARTS) is 2.